The molecule has 3 aromatic heterocycles. The number of aliphatic hydroxyl groups is 1. The number of carbonyl (C=O) groups is 1. The van der Waals surface area contributed by atoms with Crippen molar-refractivity contribution in [2.75, 3.05) is 0 Å². The van der Waals surface area contributed by atoms with E-state index < -0.39 is 15.3 Å². The van der Waals surface area contributed by atoms with Gasteiger partial charge in [0, 0.05) is 45.5 Å². The van der Waals surface area contributed by atoms with E-state index in [1.165, 1.54) is 22.3 Å². The van der Waals surface area contributed by atoms with Crippen LogP contribution in [0.5, 0.6) is 0 Å². The number of halogens is 3. The van der Waals surface area contributed by atoms with Crippen molar-refractivity contribution >= 4 is 48.0 Å². The fourth-order valence-corrected chi connectivity index (χ4v) is 7.28. The highest BCUT2D eigenvalue weighted by atomic mass is 36.0. The first kappa shape index (κ1) is 37.5. The summed E-state index contributed by atoms with van der Waals surface area (Å²) in [5.41, 5.74) is 12.7. The van der Waals surface area contributed by atoms with Crippen LogP contribution in [0.15, 0.2) is 128 Å². The number of fused-ring (bicyclic) bond motifs is 6. The molecule has 3 heterocycles. The number of carbonyl (C=O) groups excluding carboxylic acids is 1. The van der Waals surface area contributed by atoms with E-state index in [9.17, 15) is 9.90 Å². The van der Waals surface area contributed by atoms with Crippen molar-refractivity contribution in [3.8, 4) is 0 Å². The molecule has 3 aliphatic rings. The second-order valence-corrected chi connectivity index (χ2v) is 15.4. The molecule has 3 aliphatic carbocycles. The highest BCUT2D eigenvalue weighted by Gasteiger charge is 2.24. The molecule has 0 spiro atoms. The fraction of sp³-hybridized carbons (Fsp3) is 0.190. The molecule has 0 saturated heterocycles. The number of aromatic nitrogens is 3. The van der Waals surface area contributed by atoms with E-state index in [0.717, 1.165) is 77.7 Å². The lowest BCUT2D eigenvalue weighted by Gasteiger charge is -2.12. The average Bonchev–Trinajstić information content (AvgIpc) is 3.49. The molecule has 6 nitrogen and oxygen atoms in total. The van der Waals surface area contributed by atoms with Crippen LogP contribution in [-0.4, -0.2) is 30.1 Å². The SMILES string of the molecule is ClC1c2ccccc2CCc2cccnc21.O=C1c2ccccc2CCc2cccnc21.O=S(Cl)Cl.OC1c2ccccc2CCc2cccnc21. The number of nitrogens with zero attached hydrogens (tertiary/aromatic N) is 3. The van der Waals surface area contributed by atoms with Gasteiger partial charge in [0.05, 0.1) is 11.4 Å². The molecule has 6 aromatic rings. The van der Waals surface area contributed by atoms with Gasteiger partial charge in [-0.05, 0) is 101 Å². The molecule has 3 aromatic carbocycles. The Morgan fingerprint density at radius 3 is 1.63 bits per heavy atom. The second-order valence-electron chi connectivity index (χ2n) is 12.4. The molecule has 264 valence electrons. The monoisotopic (exact) mass is 767 g/mol. The summed E-state index contributed by atoms with van der Waals surface area (Å²) in [4.78, 5) is 25.2. The van der Waals surface area contributed by atoms with E-state index >= 15 is 0 Å². The third-order valence-corrected chi connectivity index (χ3v) is 9.83. The minimum atomic E-state index is -1.67. The lowest BCUT2D eigenvalue weighted by Crippen LogP contribution is -2.06. The van der Waals surface area contributed by atoms with Crippen molar-refractivity contribution in [2.24, 2.45) is 0 Å². The Bertz CT molecular complexity index is 1950. The Balaban J connectivity index is 0.000000127. The van der Waals surface area contributed by atoms with Gasteiger partial charge in [-0.2, -0.15) is 0 Å². The van der Waals surface area contributed by atoms with E-state index in [-0.39, 0.29) is 11.2 Å². The average molecular weight is 769 g/mol. The van der Waals surface area contributed by atoms with Gasteiger partial charge in [0.2, 0.25) is 15.0 Å². The largest absolute Gasteiger partial charge is 0.382 e. The van der Waals surface area contributed by atoms with Gasteiger partial charge >= 0.3 is 0 Å². The molecule has 10 heteroatoms. The van der Waals surface area contributed by atoms with E-state index in [2.05, 4.69) is 72.7 Å². The van der Waals surface area contributed by atoms with E-state index in [4.69, 9.17) is 15.8 Å². The Hall–Kier alpha value is -4.24. The highest BCUT2D eigenvalue weighted by molar-refractivity contribution is 8.26. The predicted molar refractivity (Wildman–Crippen MR) is 209 cm³/mol. The summed E-state index contributed by atoms with van der Waals surface area (Å²) in [6.45, 7) is 0. The molecule has 0 saturated carbocycles. The van der Waals surface area contributed by atoms with Crippen LogP contribution in [0.1, 0.15) is 83.4 Å². The van der Waals surface area contributed by atoms with Crippen LogP contribution in [0.4, 0.5) is 0 Å². The zero-order chi connectivity index (χ0) is 36.5. The minimum Gasteiger partial charge on any atom is -0.382 e. The van der Waals surface area contributed by atoms with Crippen molar-refractivity contribution in [3.05, 3.63) is 195 Å². The summed E-state index contributed by atoms with van der Waals surface area (Å²) in [5.74, 6) is 0.0590. The minimum absolute atomic E-state index is 0.0590. The molecular formula is C42H36Cl3N3O3S. The Kier molecular flexibility index (Phi) is 13.0. The first-order chi connectivity index (χ1) is 25.3. The Labute approximate surface area is 320 Å². The van der Waals surface area contributed by atoms with Crippen LogP contribution >= 0.6 is 33.0 Å². The van der Waals surface area contributed by atoms with Crippen molar-refractivity contribution in [3.63, 3.8) is 0 Å². The first-order valence-electron chi connectivity index (χ1n) is 17.0. The molecule has 0 fully saturated rings. The van der Waals surface area contributed by atoms with Gasteiger partial charge in [0.15, 0.2) is 0 Å². The molecule has 1 N–H and O–H groups in total. The summed E-state index contributed by atoms with van der Waals surface area (Å²) in [5, 5.41) is 10.2. The van der Waals surface area contributed by atoms with Gasteiger partial charge in [-0.3, -0.25) is 19.7 Å². The van der Waals surface area contributed by atoms with Crippen molar-refractivity contribution in [2.45, 2.75) is 50.0 Å². The smallest absolute Gasteiger partial charge is 0.211 e. The number of alkyl halides is 1. The van der Waals surface area contributed by atoms with E-state index in [1.54, 1.807) is 12.4 Å². The topological polar surface area (TPSA) is 93.0 Å². The standard InChI is InChI=1S/C14H12ClN.C14H13NO.C14H11NO.Cl2OS/c15-13-12-6-2-1-4-10(12)7-8-11-5-3-9-16-14(11)13;2*16-14-12-6-2-1-4-10(12)7-8-11-5-3-9-15-13(11)14;1-4(2)3/h1-6,9,13H,7-8H2;1-6,9,14,16H,7-8H2;1-6,9H,7-8H2;. The molecule has 0 aliphatic heterocycles. The molecule has 0 bridgehead atoms. The van der Waals surface area contributed by atoms with Crippen molar-refractivity contribution < 1.29 is 14.1 Å². The van der Waals surface area contributed by atoms with Crippen molar-refractivity contribution in [1.82, 2.24) is 15.0 Å². The number of benzene rings is 3. The molecule has 9 rings (SSSR count). The number of aryl methyl sites for hydroxylation is 6. The summed E-state index contributed by atoms with van der Waals surface area (Å²) in [6, 6.07) is 36.2. The molecular weight excluding hydrogens is 733 g/mol. The van der Waals surface area contributed by atoms with Crippen molar-refractivity contribution in [1.29, 1.82) is 0 Å². The molecule has 0 radical (unpaired) electrons. The van der Waals surface area contributed by atoms with Crippen LogP contribution in [0, 0.1) is 0 Å². The quantitative estimate of drug-likeness (QED) is 0.122. The highest BCUT2D eigenvalue weighted by Crippen LogP contribution is 2.35. The normalized spacial score (nSPS) is 16.3. The lowest BCUT2D eigenvalue weighted by atomic mass is 10.0. The third kappa shape index (κ3) is 9.03. The van der Waals surface area contributed by atoms with Crippen LogP contribution in [0.2, 0.25) is 0 Å². The Morgan fingerprint density at radius 1 is 0.538 bits per heavy atom. The molecule has 52 heavy (non-hydrogen) atoms. The number of rotatable bonds is 0. The van der Waals surface area contributed by atoms with Crippen LogP contribution in [-0.2, 0) is 47.8 Å². The third-order valence-electron chi connectivity index (χ3n) is 9.39. The summed E-state index contributed by atoms with van der Waals surface area (Å²) in [7, 11) is 7.36. The summed E-state index contributed by atoms with van der Waals surface area (Å²) < 4.78 is 9.09. The van der Waals surface area contributed by atoms with Crippen LogP contribution in [0.3, 0.4) is 0 Å². The summed E-state index contributed by atoms with van der Waals surface area (Å²) >= 11 is 6.52. The fourth-order valence-electron chi connectivity index (χ4n) is 6.87. The van der Waals surface area contributed by atoms with Gasteiger partial charge in [-0.25, -0.2) is 4.21 Å². The zero-order valence-electron chi connectivity index (χ0n) is 28.2. The van der Waals surface area contributed by atoms with E-state index in [1.807, 2.05) is 79.0 Å². The van der Waals surface area contributed by atoms with Crippen LogP contribution in [0.25, 0.3) is 0 Å². The van der Waals surface area contributed by atoms with Gasteiger partial charge in [0.25, 0.3) is 0 Å². The number of hydrogen-bond acceptors (Lipinski definition) is 6. The molecule has 2 atom stereocenters. The maximum atomic E-state index is 12.3. The number of ketones is 1. The Morgan fingerprint density at radius 2 is 0.962 bits per heavy atom. The second kappa shape index (κ2) is 18.0. The summed E-state index contributed by atoms with van der Waals surface area (Å²) in [6.07, 6.45) is 10.5. The maximum Gasteiger partial charge on any atom is 0.211 e. The predicted octanol–water partition coefficient (Wildman–Crippen LogP) is 9.22. The number of hydrogen-bond donors (Lipinski definition) is 1. The van der Waals surface area contributed by atoms with Gasteiger partial charge in [0.1, 0.15) is 17.2 Å². The van der Waals surface area contributed by atoms with E-state index in [0.29, 0.717) is 5.69 Å². The van der Waals surface area contributed by atoms with Gasteiger partial charge in [-0.1, -0.05) is 91.0 Å². The van der Waals surface area contributed by atoms with Gasteiger partial charge < -0.3 is 5.11 Å². The molecule has 0 amide bonds. The first-order valence-corrected chi connectivity index (χ1v) is 20.2. The van der Waals surface area contributed by atoms with Crippen LogP contribution < -0.4 is 0 Å². The number of aliphatic hydroxyl groups excluding tert-OH is 1. The lowest BCUT2D eigenvalue weighted by molar-refractivity contribution is 0.103. The maximum absolute atomic E-state index is 12.3. The zero-order valence-corrected chi connectivity index (χ0v) is 31.3. The van der Waals surface area contributed by atoms with Gasteiger partial charge in [-0.15, -0.1) is 11.6 Å². The number of pyridine rings is 3. The molecule has 2 unspecified atom stereocenters.